The van der Waals surface area contributed by atoms with Crippen LogP contribution in [0.3, 0.4) is 0 Å². The van der Waals surface area contributed by atoms with Crippen molar-refractivity contribution >= 4 is 11.5 Å². The Balaban J connectivity index is 2.01. The molecule has 1 aromatic rings. The van der Waals surface area contributed by atoms with Gasteiger partial charge in [-0.3, -0.25) is 4.79 Å². The molecule has 2 heterocycles. The second-order valence-corrected chi connectivity index (χ2v) is 6.26. The number of carbonyl (C=O) groups excluding carboxylic acids is 1. The zero-order chi connectivity index (χ0) is 18.2. The summed E-state index contributed by atoms with van der Waals surface area (Å²) in [6.45, 7) is 0.794. The molecule has 1 aliphatic carbocycles. The van der Waals surface area contributed by atoms with E-state index >= 15 is 0 Å². The molecular weight excluding hydrogens is 345 g/mol. The van der Waals surface area contributed by atoms with Crippen molar-refractivity contribution < 1.29 is 26.7 Å². The molecule has 1 amide bonds. The van der Waals surface area contributed by atoms with Crippen LogP contribution in [0.15, 0.2) is 12.3 Å². The number of carbonyl (C=O) groups is 1. The monoisotopic (exact) mass is 363 g/mol. The van der Waals surface area contributed by atoms with Gasteiger partial charge in [0.2, 0.25) is 0 Å². The van der Waals surface area contributed by atoms with Gasteiger partial charge in [-0.05, 0) is 23.5 Å². The first-order valence-electron chi connectivity index (χ1n) is 8.02. The Bertz CT molecular complexity index is 693. The van der Waals surface area contributed by atoms with Gasteiger partial charge >= 0.3 is 6.18 Å². The number of halogens is 5. The zero-order valence-corrected chi connectivity index (χ0v) is 13.3. The van der Waals surface area contributed by atoms with Gasteiger partial charge < -0.3 is 15.2 Å². The molecule has 0 radical (unpaired) electrons. The molecule has 0 bridgehead atoms. The average molecular weight is 363 g/mol. The molecule has 1 unspecified atom stereocenters. The summed E-state index contributed by atoms with van der Waals surface area (Å²) < 4.78 is 65.4. The molecule has 3 rings (SSSR count). The van der Waals surface area contributed by atoms with Crippen LogP contribution in [0.4, 0.5) is 22.0 Å². The van der Waals surface area contributed by atoms with Gasteiger partial charge in [0.05, 0.1) is 18.5 Å². The lowest BCUT2D eigenvalue weighted by atomic mass is 9.82. The highest BCUT2D eigenvalue weighted by Crippen LogP contribution is 2.43. The summed E-state index contributed by atoms with van der Waals surface area (Å²) in [5.41, 5.74) is 1.86. The summed E-state index contributed by atoms with van der Waals surface area (Å²) in [5.74, 6) is -1.64. The molecule has 138 valence electrons. The molecule has 0 aromatic carbocycles. The number of allylic oxidation sites excluding steroid dienone is 1. The Morgan fingerprint density at radius 3 is 2.84 bits per heavy atom. The highest BCUT2D eigenvalue weighted by Gasteiger charge is 2.38. The topological polar surface area (TPSA) is 46.1 Å². The molecule has 1 aliphatic heterocycles. The summed E-state index contributed by atoms with van der Waals surface area (Å²) in [5, 5.41) is 5.28. The van der Waals surface area contributed by atoms with E-state index in [1.54, 1.807) is 10.6 Å². The van der Waals surface area contributed by atoms with Crippen LogP contribution in [0.5, 0.6) is 0 Å². The summed E-state index contributed by atoms with van der Waals surface area (Å²) in [6.07, 6.45) is -4.70. The van der Waals surface area contributed by atoms with Crippen molar-refractivity contribution in [1.29, 1.82) is 0 Å². The van der Waals surface area contributed by atoms with Crippen LogP contribution in [-0.2, 0) is 6.54 Å². The van der Waals surface area contributed by atoms with E-state index in [0.29, 0.717) is 30.9 Å². The molecular formula is C16H18F5N3O. The fourth-order valence-corrected chi connectivity index (χ4v) is 3.51. The quantitative estimate of drug-likeness (QED) is 0.808. The molecule has 9 heteroatoms. The summed E-state index contributed by atoms with van der Waals surface area (Å²) in [6, 6.07) is 0. The molecule has 0 spiro atoms. The van der Waals surface area contributed by atoms with Crippen molar-refractivity contribution in [3.05, 3.63) is 29.1 Å². The minimum atomic E-state index is -4.37. The number of aromatic nitrogens is 1. The molecule has 2 aliphatic rings. The van der Waals surface area contributed by atoms with Gasteiger partial charge in [-0.1, -0.05) is 6.08 Å². The fourth-order valence-electron chi connectivity index (χ4n) is 3.51. The van der Waals surface area contributed by atoms with Crippen molar-refractivity contribution in [1.82, 2.24) is 15.2 Å². The van der Waals surface area contributed by atoms with Crippen molar-refractivity contribution in [3.8, 4) is 0 Å². The number of hydrogen-bond acceptors (Lipinski definition) is 2. The fraction of sp³-hybridized carbons (Fsp3) is 0.562. The normalized spacial score (nSPS) is 20.1. The Hall–Kier alpha value is -1.90. The summed E-state index contributed by atoms with van der Waals surface area (Å²) in [7, 11) is 0. The maximum Gasteiger partial charge on any atom is 0.389 e. The average Bonchev–Trinajstić information content (AvgIpc) is 2.78. The largest absolute Gasteiger partial charge is 0.389 e. The van der Waals surface area contributed by atoms with E-state index in [4.69, 9.17) is 0 Å². The van der Waals surface area contributed by atoms with E-state index in [1.807, 2.05) is 0 Å². The van der Waals surface area contributed by atoms with E-state index in [2.05, 4.69) is 10.6 Å². The lowest BCUT2D eigenvalue weighted by Crippen LogP contribution is -2.30. The maximum absolute atomic E-state index is 13.0. The van der Waals surface area contributed by atoms with Crippen LogP contribution >= 0.6 is 0 Å². The Morgan fingerprint density at radius 2 is 2.16 bits per heavy atom. The number of amides is 1. The number of nitrogens with one attached hydrogen (secondary N) is 2. The summed E-state index contributed by atoms with van der Waals surface area (Å²) >= 11 is 0. The first-order valence-corrected chi connectivity index (χ1v) is 8.02. The standard InChI is InChI=1S/C16H18F5N3O/c17-12(18)7-23-15(25)11-8-24-4-3-22-6-10-2-1-9(5-16(19,20)21)13(11)14(10)24/h2,8-9,12,22H,1,3-7H2,(H,23,25). The van der Waals surface area contributed by atoms with Gasteiger partial charge in [0, 0.05) is 31.5 Å². The van der Waals surface area contributed by atoms with Crippen LogP contribution in [-0.4, -0.2) is 42.7 Å². The lowest BCUT2D eigenvalue weighted by molar-refractivity contribution is -0.138. The Labute approximate surface area is 141 Å². The van der Waals surface area contributed by atoms with E-state index < -0.39 is 37.4 Å². The van der Waals surface area contributed by atoms with E-state index in [0.717, 1.165) is 5.57 Å². The van der Waals surface area contributed by atoms with Gasteiger partial charge in [-0.25, -0.2) is 8.78 Å². The SMILES string of the molecule is O=C(NCC(F)F)c1cn2c3c1C(CC(F)(F)F)CC=C3CNCC2. The molecule has 4 nitrogen and oxygen atoms in total. The number of alkyl halides is 5. The van der Waals surface area contributed by atoms with E-state index in [9.17, 15) is 26.7 Å². The molecule has 0 saturated carbocycles. The predicted molar refractivity (Wildman–Crippen MR) is 81.6 cm³/mol. The Morgan fingerprint density at radius 1 is 1.40 bits per heavy atom. The van der Waals surface area contributed by atoms with Crippen molar-refractivity contribution in [2.45, 2.75) is 37.9 Å². The summed E-state index contributed by atoms with van der Waals surface area (Å²) in [4.78, 5) is 12.3. The lowest BCUT2D eigenvalue weighted by Gasteiger charge is -2.25. The highest BCUT2D eigenvalue weighted by molar-refractivity contribution is 5.97. The first kappa shape index (κ1) is 17.9. The molecule has 2 N–H and O–H groups in total. The van der Waals surface area contributed by atoms with Crippen LogP contribution < -0.4 is 10.6 Å². The van der Waals surface area contributed by atoms with Gasteiger partial charge in [-0.2, -0.15) is 13.2 Å². The molecule has 1 aromatic heterocycles. The van der Waals surface area contributed by atoms with E-state index in [1.165, 1.54) is 6.20 Å². The number of hydrogen-bond donors (Lipinski definition) is 2. The van der Waals surface area contributed by atoms with Crippen LogP contribution in [0.1, 0.15) is 40.4 Å². The molecule has 0 fully saturated rings. The highest BCUT2D eigenvalue weighted by atomic mass is 19.4. The smallest absolute Gasteiger partial charge is 0.346 e. The minimum Gasteiger partial charge on any atom is -0.346 e. The van der Waals surface area contributed by atoms with Crippen LogP contribution in [0, 0.1) is 0 Å². The predicted octanol–water partition coefficient (Wildman–Crippen LogP) is 2.91. The van der Waals surface area contributed by atoms with E-state index in [-0.39, 0.29) is 12.0 Å². The number of nitrogens with zero attached hydrogens (tertiary/aromatic N) is 1. The molecule has 0 saturated heterocycles. The van der Waals surface area contributed by atoms with Gasteiger partial charge in [-0.15, -0.1) is 0 Å². The maximum atomic E-state index is 13.0. The third kappa shape index (κ3) is 3.86. The second kappa shape index (κ2) is 6.78. The van der Waals surface area contributed by atoms with Crippen molar-refractivity contribution in [3.63, 3.8) is 0 Å². The van der Waals surface area contributed by atoms with Gasteiger partial charge in [0.1, 0.15) is 0 Å². The van der Waals surface area contributed by atoms with Gasteiger partial charge in [0.25, 0.3) is 12.3 Å². The zero-order valence-electron chi connectivity index (χ0n) is 13.3. The third-order valence-electron chi connectivity index (χ3n) is 4.46. The Kier molecular flexibility index (Phi) is 4.86. The first-order chi connectivity index (χ1) is 11.8. The molecule has 1 atom stereocenters. The van der Waals surface area contributed by atoms with Crippen LogP contribution in [0.25, 0.3) is 5.57 Å². The van der Waals surface area contributed by atoms with Crippen molar-refractivity contribution in [2.24, 2.45) is 0 Å². The van der Waals surface area contributed by atoms with Gasteiger partial charge in [0.15, 0.2) is 0 Å². The van der Waals surface area contributed by atoms with Crippen molar-refractivity contribution in [2.75, 3.05) is 19.6 Å². The second-order valence-electron chi connectivity index (χ2n) is 6.26. The molecule has 25 heavy (non-hydrogen) atoms. The number of rotatable bonds is 4. The third-order valence-corrected chi connectivity index (χ3v) is 4.46. The van der Waals surface area contributed by atoms with Crippen LogP contribution in [0.2, 0.25) is 0 Å². The minimum absolute atomic E-state index is 0.0670.